The van der Waals surface area contributed by atoms with Crippen molar-refractivity contribution in [2.75, 3.05) is 6.61 Å². The van der Waals surface area contributed by atoms with Crippen LogP contribution < -0.4 is 14.2 Å². The Morgan fingerprint density at radius 2 is 2.00 bits per heavy atom. The van der Waals surface area contributed by atoms with E-state index >= 15 is 0 Å². The van der Waals surface area contributed by atoms with Crippen molar-refractivity contribution in [1.29, 1.82) is 0 Å². The van der Waals surface area contributed by atoms with Crippen LogP contribution >= 0.6 is 0 Å². The molecule has 0 amide bonds. The molecular formula is C25H26O4. The standard InChI is InChI=1S/C25H26O4/c1-14(2)5-6-16-20(26)8-7-17-23(16)27-13-19-18-12-21-15(9-10-25(3,4)29-21)11-22(18)28-24(17)19/h5,7-12,19,24,26H,6,13H2,1-4H3/t19-,24-/m0/s1. The SMILES string of the molecule is CC(C)=CCc1c(O)ccc2c1OC[C@H]1c3cc4c(cc3O[C@@H]21)C=CC(C)(C)O4. The molecule has 150 valence electrons. The maximum atomic E-state index is 10.4. The molecule has 3 aliphatic heterocycles. The summed E-state index contributed by atoms with van der Waals surface area (Å²) in [7, 11) is 0. The van der Waals surface area contributed by atoms with Crippen LogP contribution in [-0.2, 0) is 6.42 Å². The largest absolute Gasteiger partial charge is 0.508 e. The maximum Gasteiger partial charge on any atom is 0.138 e. The zero-order chi connectivity index (χ0) is 20.3. The van der Waals surface area contributed by atoms with Crippen molar-refractivity contribution in [2.24, 2.45) is 0 Å². The Balaban J connectivity index is 1.54. The number of phenols is 1. The lowest BCUT2D eigenvalue weighted by Gasteiger charge is -2.30. The van der Waals surface area contributed by atoms with Gasteiger partial charge in [-0.05, 0) is 64.5 Å². The highest BCUT2D eigenvalue weighted by atomic mass is 16.5. The first kappa shape index (κ1) is 18.2. The van der Waals surface area contributed by atoms with Crippen molar-refractivity contribution in [2.45, 2.75) is 51.7 Å². The Morgan fingerprint density at radius 1 is 1.17 bits per heavy atom. The third-order valence-electron chi connectivity index (χ3n) is 5.89. The van der Waals surface area contributed by atoms with Crippen molar-refractivity contribution >= 4 is 6.08 Å². The van der Waals surface area contributed by atoms with Crippen LogP contribution in [0.4, 0.5) is 0 Å². The number of phenolic OH excluding ortho intramolecular Hbond substituents is 1. The molecule has 4 heteroatoms. The quantitative estimate of drug-likeness (QED) is 0.669. The Hall–Kier alpha value is -2.88. The van der Waals surface area contributed by atoms with Gasteiger partial charge in [-0.15, -0.1) is 0 Å². The Kier molecular flexibility index (Phi) is 3.95. The summed E-state index contributed by atoms with van der Waals surface area (Å²) >= 11 is 0. The molecule has 5 rings (SSSR count). The van der Waals surface area contributed by atoms with Gasteiger partial charge in [-0.3, -0.25) is 0 Å². The Labute approximate surface area is 171 Å². The topological polar surface area (TPSA) is 47.9 Å². The molecule has 2 aromatic rings. The monoisotopic (exact) mass is 390 g/mol. The summed E-state index contributed by atoms with van der Waals surface area (Å²) in [6.07, 6.45) is 6.81. The lowest BCUT2D eigenvalue weighted by Crippen LogP contribution is -2.27. The highest BCUT2D eigenvalue weighted by Gasteiger charge is 2.42. The second-order valence-electron chi connectivity index (χ2n) is 8.89. The fourth-order valence-corrected chi connectivity index (χ4v) is 4.36. The fourth-order valence-electron chi connectivity index (χ4n) is 4.36. The lowest BCUT2D eigenvalue weighted by atomic mass is 9.87. The average Bonchev–Trinajstić information content (AvgIpc) is 3.02. The minimum atomic E-state index is -0.312. The number of allylic oxidation sites excluding steroid dienone is 2. The average molecular weight is 390 g/mol. The van der Waals surface area contributed by atoms with E-state index in [1.807, 2.05) is 6.07 Å². The van der Waals surface area contributed by atoms with Crippen LogP contribution in [-0.4, -0.2) is 17.3 Å². The van der Waals surface area contributed by atoms with Crippen LogP contribution in [0, 0.1) is 0 Å². The first-order valence-electron chi connectivity index (χ1n) is 10.2. The summed E-state index contributed by atoms with van der Waals surface area (Å²) in [5, 5.41) is 10.4. The summed E-state index contributed by atoms with van der Waals surface area (Å²) in [5.74, 6) is 2.93. The van der Waals surface area contributed by atoms with Gasteiger partial charge < -0.3 is 19.3 Å². The molecule has 0 saturated heterocycles. The highest BCUT2D eigenvalue weighted by molar-refractivity contribution is 5.66. The number of hydrogen-bond donors (Lipinski definition) is 1. The van der Waals surface area contributed by atoms with Gasteiger partial charge in [0.2, 0.25) is 0 Å². The van der Waals surface area contributed by atoms with Gasteiger partial charge in [-0.25, -0.2) is 0 Å². The number of ether oxygens (including phenoxy) is 3. The van der Waals surface area contributed by atoms with Gasteiger partial charge in [0.25, 0.3) is 0 Å². The first-order chi connectivity index (χ1) is 13.8. The van der Waals surface area contributed by atoms with Gasteiger partial charge in [-0.1, -0.05) is 17.7 Å². The molecule has 0 saturated carbocycles. The molecule has 4 nitrogen and oxygen atoms in total. The molecule has 0 unspecified atom stereocenters. The van der Waals surface area contributed by atoms with Crippen LogP contribution in [0.1, 0.15) is 62.0 Å². The van der Waals surface area contributed by atoms with Gasteiger partial charge in [0, 0.05) is 22.3 Å². The van der Waals surface area contributed by atoms with E-state index in [2.05, 4.69) is 58.1 Å². The molecule has 0 radical (unpaired) electrons. The Morgan fingerprint density at radius 3 is 2.79 bits per heavy atom. The molecule has 3 aliphatic rings. The predicted molar refractivity (Wildman–Crippen MR) is 113 cm³/mol. The number of hydrogen-bond acceptors (Lipinski definition) is 4. The van der Waals surface area contributed by atoms with E-state index in [-0.39, 0.29) is 23.4 Å². The van der Waals surface area contributed by atoms with Crippen LogP contribution in [0.25, 0.3) is 6.08 Å². The molecule has 2 atom stereocenters. The van der Waals surface area contributed by atoms with E-state index in [4.69, 9.17) is 14.2 Å². The molecule has 0 spiro atoms. The normalized spacial score (nSPS) is 22.2. The number of aromatic hydroxyl groups is 1. The highest BCUT2D eigenvalue weighted by Crippen LogP contribution is 2.54. The fraction of sp³-hybridized carbons (Fsp3) is 0.360. The molecule has 3 heterocycles. The minimum Gasteiger partial charge on any atom is -0.508 e. The molecule has 2 aromatic carbocycles. The van der Waals surface area contributed by atoms with E-state index in [0.717, 1.165) is 39.5 Å². The van der Waals surface area contributed by atoms with Gasteiger partial charge in [0.05, 0.1) is 12.5 Å². The number of benzene rings is 2. The molecule has 29 heavy (non-hydrogen) atoms. The number of rotatable bonds is 2. The summed E-state index contributed by atoms with van der Waals surface area (Å²) in [5.41, 5.74) is 4.90. The van der Waals surface area contributed by atoms with Crippen LogP contribution in [0.15, 0.2) is 42.0 Å². The summed E-state index contributed by atoms with van der Waals surface area (Å²) < 4.78 is 18.8. The smallest absolute Gasteiger partial charge is 0.138 e. The van der Waals surface area contributed by atoms with Gasteiger partial charge >= 0.3 is 0 Å². The van der Waals surface area contributed by atoms with Crippen molar-refractivity contribution in [3.8, 4) is 23.0 Å². The van der Waals surface area contributed by atoms with Crippen LogP contribution in [0.5, 0.6) is 23.0 Å². The van der Waals surface area contributed by atoms with Gasteiger partial charge in [-0.2, -0.15) is 0 Å². The second kappa shape index (κ2) is 6.31. The first-order valence-corrected chi connectivity index (χ1v) is 10.2. The third kappa shape index (κ3) is 2.98. The lowest BCUT2D eigenvalue weighted by molar-refractivity contribution is 0.138. The molecule has 0 aliphatic carbocycles. The maximum absolute atomic E-state index is 10.4. The zero-order valence-corrected chi connectivity index (χ0v) is 17.3. The minimum absolute atomic E-state index is 0.111. The van der Waals surface area contributed by atoms with Crippen LogP contribution in [0.2, 0.25) is 0 Å². The van der Waals surface area contributed by atoms with E-state index in [1.165, 1.54) is 5.57 Å². The predicted octanol–water partition coefficient (Wildman–Crippen LogP) is 5.69. The van der Waals surface area contributed by atoms with E-state index in [9.17, 15) is 5.11 Å². The molecule has 0 bridgehead atoms. The summed E-state index contributed by atoms with van der Waals surface area (Å²) in [4.78, 5) is 0. The van der Waals surface area contributed by atoms with Crippen LogP contribution in [0.3, 0.4) is 0 Å². The van der Waals surface area contributed by atoms with Crippen molar-refractivity contribution < 1.29 is 19.3 Å². The zero-order valence-electron chi connectivity index (χ0n) is 17.3. The third-order valence-corrected chi connectivity index (χ3v) is 5.89. The molecule has 0 aromatic heterocycles. The molecule has 1 N–H and O–H groups in total. The summed E-state index contributed by atoms with van der Waals surface area (Å²) in [6.45, 7) is 8.74. The van der Waals surface area contributed by atoms with Crippen molar-refractivity contribution in [1.82, 2.24) is 0 Å². The van der Waals surface area contributed by atoms with E-state index < -0.39 is 0 Å². The second-order valence-corrected chi connectivity index (χ2v) is 8.89. The van der Waals surface area contributed by atoms with E-state index in [1.54, 1.807) is 6.07 Å². The van der Waals surface area contributed by atoms with Gasteiger partial charge in [0.15, 0.2) is 0 Å². The molecule has 0 fully saturated rings. The number of fused-ring (bicyclic) bond motifs is 6. The van der Waals surface area contributed by atoms with Gasteiger partial charge in [0.1, 0.15) is 34.7 Å². The van der Waals surface area contributed by atoms with Crippen molar-refractivity contribution in [3.05, 3.63) is 64.2 Å². The van der Waals surface area contributed by atoms with E-state index in [0.29, 0.717) is 13.0 Å². The Bertz CT molecular complexity index is 1060. The summed E-state index contributed by atoms with van der Waals surface area (Å²) in [6, 6.07) is 7.86. The van der Waals surface area contributed by atoms with Crippen molar-refractivity contribution in [3.63, 3.8) is 0 Å². The molecular weight excluding hydrogens is 364 g/mol.